The van der Waals surface area contributed by atoms with Gasteiger partial charge >= 0.3 is 125 Å². The zero-order chi connectivity index (χ0) is 90.6. The predicted octanol–water partition coefficient (Wildman–Crippen LogP) is 1.88. The highest BCUT2D eigenvalue weighted by Gasteiger charge is 2.36. The molecule has 0 aliphatic rings. The fourth-order valence-electron chi connectivity index (χ4n) is 7.04. The van der Waals surface area contributed by atoms with Crippen LogP contribution in [0.15, 0.2) is 60.7 Å². The molecule has 0 aliphatic heterocycles. The van der Waals surface area contributed by atoms with Crippen molar-refractivity contribution in [2.75, 3.05) is 0 Å². The number of carbonyl (C=O) groups excluding carboxylic acids is 19. The van der Waals surface area contributed by atoms with E-state index in [1.807, 2.05) is 30.3 Å². The molecule has 0 aliphatic carbocycles. The van der Waals surface area contributed by atoms with Gasteiger partial charge < -0.3 is 105 Å². The molecule has 0 bridgehead atoms. The highest BCUT2D eigenvalue weighted by Crippen LogP contribution is 2.14. The van der Waals surface area contributed by atoms with Gasteiger partial charge in [0.25, 0.3) is 0 Å². The molecule has 0 amide bonds. The summed E-state index contributed by atoms with van der Waals surface area (Å²) in [6, 6.07) is 18.0. The molecule has 0 saturated heterocycles. The van der Waals surface area contributed by atoms with E-state index in [0.717, 1.165) is 87.3 Å². The highest BCUT2D eigenvalue weighted by molar-refractivity contribution is 5.90. The lowest BCUT2D eigenvalue weighted by molar-refractivity contribution is -0.187. The van der Waals surface area contributed by atoms with E-state index in [1.54, 1.807) is 30.3 Å². The van der Waals surface area contributed by atoms with E-state index >= 15 is 0 Å². The number of hydrogen-bond donors (Lipinski definition) is 3. The van der Waals surface area contributed by atoms with Gasteiger partial charge in [0.2, 0.25) is 0 Å². The minimum Gasteiger partial charge on any atom is -0.479 e. The van der Waals surface area contributed by atoms with Crippen LogP contribution in [-0.2, 0) is 204 Å². The maximum atomic E-state index is 12.3. The number of aliphatic carboxylic acids is 2. The Bertz CT molecular complexity index is 3740. The average molecular weight is 1680 g/mol. The summed E-state index contributed by atoms with van der Waals surface area (Å²) in [5, 5.41) is 26.3. The molecule has 2 aromatic rings. The van der Waals surface area contributed by atoms with Crippen LogP contribution in [0.4, 0.5) is 0 Å². The standard InChI is InChI=1S/C27H34O14.C20H28O14.C14H20O10.C13H16O5/c1-14(22(29)35-13-21-11-9-8-10-12-21)37-24(31)16(3)39-26(33)18(5)41-27(34)19(6)40-25(32)17(4)38-23(30)15(2)36-20(7)28;1-8(15(22)23)30-17(25)10(3)32-19(27)12(5)34-20(28)13(6)33-18(26)11(4)31-16(24)9(2)29-14(7)21;1-6(11(16)17)22-13(19)8(3)24-14(20)9(4)23-12(18)7(2)21-10(5)15;1-9(14)12(15)18-10(2)13(16)17-8-11-6-4-3-5-7-11/h8-12,14-19H,13H2,1-7H3;8-13H,1-7H3,(H,22,23);6-9H,1-5H3,(H,16,17);3-7,9-10,14H,8H2,1-2H3/t14-,15+,16-,17-,18-,19-;8-,9+,10-,11-,12-,13-;6-,7+,8-,9-;9-,10+/m1110/s1. The SMILES string of the molecule is CC(=O)O[C@@H](C)C(=O)O[C@H](C)C(=O)O[C@H](C)C(=O)O[C@H](C)C(=O)O.CC(=O)O[C@@H](C)C(=O)O[C@H](C)C(=O)O[C@H](C)C(=O)O[C@H](C)C(=O)O[C@H](C)C(=O)O[C@H](C)C(=O)O.CC(=O)O[C@@H](C)C(=O)O[C@H](C)C(=O)O[C@H](C)C(=O)O[C@H](C)C(=O)O[C@H](C)C(=O)O[C@H](C)C(=O)OCc1ccccc1.C[C@H](O)C(=O)O[C@H](C)C(=O)OCc1ccccc1. The fraction of sp³-hybridized carbons (Fsp3) is 0.554. The smallest absolute Gasteiger partial charge is 0.347 e. The van der Waals surface area contributed by atoms with Crippen molar-refractivity contribution in [2.24, 2.45) is 0 Å². The van der Waals surface area contributed by atoms with E-state index in [9.17, 15) is 101 Å². The molecule has 0 saturated carbocycles. The molecule has 0 fully saturated rings. The molecule has 117 heavy (non-hydrogen) atoms. The lowest BCUT2D eigenvalue weighted by atomic mass is 10.2. The Kier molecular flexibility index (Phi) is 49.2. The third kappa shape index (κ3) is 45.1. The van der Waals surface area contributed by atoms with E-state index < -0.39 is 235 Å². The number of aliphatic hydroxyl groups is 1. The Hall–Kier alpha value is -12.7. The zero-order valence-electron chi connectivity index (χ0n) is 67.8. The minimum absolute atomic E-state index is 0.0257. The van der Waals surface area contributed by atoms with Gasteiger partial charge in [-0.2, -0.15) is 0 Å². The molecule has 0 unspecified atom stereocenters. The number of carboxylic acids is 2. The molecule has 0 spiro atoms. The Morgan fingerprint density at radius 2 is 0.350 bits per heavy atom. The number of hydrogen-bond acceptors (Lipinski definition) is 41. The van der Waals surface area contributed by atoms with Gasteiger partial charge in [0, 0.05) is 20.8 Å². The van der Waals surface area contributed by atoms with Gasteiger partial charge in [-0.3, -0.25) is 14.4 Å². The Balaban J connectivity index is 0. The van der Waals surface area contributed by atoms with Crippen LogP contribution >= 0.6 is 0 Å². The summed E-state index contributed by atoms with van der Waals surface area (Å²) in [5.41, 5.74) is 1.58. The zero-order valence-corrected chi connectivity index (χ0v) is 67.8. The summed E-state index contributed by atoms with van der Waals surface area (Å²) >= 11 is 0. The number of ether oxygens (including phenoxy) is 19. The quantitative estimate of drug-likeness (QED) is 0.0635. The molecule has 0 radical (unpaired) electrons. The minimum atomic E-state index is -1.53. The van der Waals surface area contributed by atoms with Crippen molar-refractivity contribution in [1.29, 1.82) is 0 Å². The maximum Gasteiger partial charge on any atom is 0.347 e. The molecule has 3 N–H and O–H groups in total. The molecule has 18 atom stereocenters. The van der Waals surface area contributed by atoms with Crippen molar-refractivity contribution in [2.45, 2.75) is 268 Å². The lowest BCUT2D eigenvalue weighted by Crippen LogP contribution is -2.39. The Morgan fingerprint density at radius 3 is 0.496 bits per heavy atom. The molecule has 43 heteroatoms. The highest BCUT2D eigenvalue weighted by atomic mass is 16.7. The third-order valence-corrected chi connectivity index (χ3v) is 13.6. The fourth-order valence-corrected chi connectivity index (χ4v) is 7.04. The topological polar surface area (TPSA) is 595 Å². The van der Waals surface area contributed by atoms with E-state index in [1.165, 1.54) is 69.2 Å². The summed E-state index contributed by atoms with van der Waals surface area (Å²) < 4.78 is 90.9. The number of carbonyl (C=O) groups is 21. The van der Waals surface area contributed by atoms with E-state index in [0.29, 0.717) is 0 Å². The van der Waals surface area contributed by atoms with Crippen LogP contribution in [0, 0.1) is 0 Å². The number of rotatable bonds is 39. The molecular formula is C74H98O43. The van der Waals surface area contributed by atoms with Crippen molar-refractivity contribution >= 4 is 125 Å². The van der Waals surface area contributed by atoms with Gasteiger partial charge in [0.1, 0.15) is 19.3 Å². The molecule has 2 aromatic carbocycles. The maximum absolute atomic E-state index is 12.3. The van der Waals surface area contributed by atoms with Crippen molar-refractivity contribution in [3.8, 4) is 0 Å². The van der Waals surface area contributed by atoms with Crippen molar-refractivity contribution in [3.05, 3.63) is 71.8 Å². The van der Waals surface area contributed by atoms with Crippen LogP contribution in [0.5, 0.6) is 0 Å². The number of carboxylic acid groups (broad SMARTS) is 2. The van der Waals surface area contributed by atoms with E-state index in [4.69, 9.17) is 81.6 Å². The monoisotopic (exact) mass is 1670 g/mol. The van der Waals surface area contributed by atoms with Crippen LogP contribution in [0.1, 0.15) is 157 Å². The van der Waals surface area contributed by atoms with Crippen LogP contribution in [-0.4, -0.2) is 251 Å². The van der Waals surface area contributed by atoms with Gasteiger partial charge in [-0.15, -0.1) is 0 Å². The van der Waals surface area contributed by atoms with Gasteiger partial charge in [-0.1, -0.05) is 60.7 Å². The number of benzene rings is 2. The van der Waals surface area contributed by atoms with Crippen LogP contribution in [0.25, 0.3) is 0 Å². The van der Waals surface area contributed by atoms with Crippen molar-refractivity contribution in [3.63, 3.8) is 0 Å². The third-order valence-electron chi connectivity index (χ3n) is 13.6. The first-order valence-electron chi connectivity index (χ1n) is 35.1. The Labute approximate surface area is 669 Å². The normalized spacial score (nSPS) is 15.0. The Morgan fingerprint density at radius 1 is 0.214 bits per heavy atom. The van der Waals surface area contributed by atoms with E-state index in [-0.39, 0.29) is 13.2 Å². The summed E-state index contributed by atoms with van der Waals surface area (Å²) in [6.45, 7) is 24.8. The number of esters is 19. The summed E-state index contributed by atoms with van der Waals surface area (Å²) in [7, 11) is 0. The first kappa shape index (κ1) is 106. The van der Waals surface area contributed by atoms with E-state index in [2.05, 4.69) is 23.7 Å². The molecule has 0 aromatic heterocycles. The average Bonchev–Trinajstić information content (AvgIpc) is 0.891. The first-order valence-corrected chi connectivity index (χ1v) is 35.1. The second-order valence-corrected chi connectivity index (χ2v) is 24.4. The van der Waals surface area contributed by atoms with Gasteiger partial charge in [0.15, 0.2) is 104 Å². The predicted molar refractivity (Wildman–Crippen MR) is 381 cm³/mol. The van der Waals surface area contributed by atoms with Gasteiger partial charge in [-0.05, 0) is 136 Å². The van der Waals surface area contributed by atoms with Crippen LogP contribution in [0.2, 0.25) is 0 Å². The lowest BCUT2D eigenvalue weighted by Gasteiger charge is -2.20. The van der Waals surface area contributed by atoms with Crippen LogP contribution < -0.4 is 0 Å². The molecule has 652 valence electrons. The largest absolute Gasteiger partial charge is 0.479 e. The second kappa shape index (κ2) is 54.1. The number of aliphatic hydroxyl groups excluding tert-OH is 1. The summed E-state index contributed by atoms with van der Waals surface area (Å²) in [6.07, 6.45) is -24.9. The van der Waals surface area contributed by atoms with Gasteiger partial charge in [-0.25, -0.2) is 86.3 Å². The molecular weight excluding hydrogens is 1580 g/mol. The molecule has 43 nitrogen and oxygen atoms in total. The molecule has 2 rings (SSSR count). The summed E-state index contributed by atoms with van der Waals surface area (Å²) in [4.78, 5) is 244. The van der Waals surface area contributed by atoms with Gasteiger partial charge in [0.05, 0.1) is 0 Å². The first-order chi connectivity index (χ1) is 54.1. The second-order valence-electron chi connectivity index (χ2n) is 24.4. The molecule has 0 heterocycles. The van der Waals surface area contributed by atoms with Crippen molar-refractivity contribution in [1.82, 2.24) is 0 Å². The summed E-state index contributed by atoms with van der Waals surface area (Å²) in [5.74, 6) is -21.3. The van der Waals surface area contributed by atoms with Crippen LogP contribution in [0.3, 0.4) is 0 Å². The van der Waals surface area contributed by atoms with Crippen molar-refractivity contribution < 1.29 is 206 Å².